The van der Waals surface area contributed by atoms with Gasteiger partial charge in [-0.25, -0.2) is 0 Å². The first-order valence-electron chi connectivity index (χ1n) is 17.9. The van der Waals surface area contributed by atoms with Crippen molar-refractivity contribution in [2.45, 2.75) is 0 Å². The summed E-state index contributed by atoms with van der Waals surface area (Å²) < 4.78 is 4.73. The number of nitrogens with zero attached hydrogens (tertiary/aromatic N) is 2. The van der Waals surface area contributed by atoms with Crippen LogP contribution in [0.15, 0.2) is 194 Å². The van der Waals surface area contributed by atoms with E-state index in [0.717, 1.165) is 11.4 Å². The Labute approximate surface area is 301 Å². The van der Waals surface area contributed by atoms with Gasteiger partial charge in [0.25, 0.3) is 0 Å². The first-order valence-corrected chi connectivity index (χ1v) is 17.9. The molecule has 9 aromatic carbocycles. The molecule has 11 rings (SSSR count). The van der Waals surface area contributed by atoms with Gasteiger partial charge in [0.2, 0.25) is 0 Å². The lowest BCUT2D eigenvalue weighted by molar-refractivity contribution is 1.13. The van der Waals surface area contributed by atoms with Crippen molar-refractivity contribution in [1.82, 2.24) is 9.13 Å². The van der Waals surface area contributed by atoms with Crippen molar-refractivity contribution in [3.8, 4) is 33.6 Å². The Morgan fingerprint density at radius 3 is 1.46 bits per heavy atom. The van der Waals surface area contributed by atoms with E-state index in [1.807, 2.05) is 0 Å². The molecule has 0 bridgehead atoms. The number of para-hydroxylation sites is 2. The number of hydrogen-bond donors (Lipinski definition) is 0. The minimum absolute atomic E-state index is 1.15. The van der Waals surface area contributed by atoms with Crippen LogP contribution < -0.4 is 0 Å². The lowest BCUT2D eigenvalue weighted by Gasteiger charge is -2.14. The molecule has 0 amide bonds. The minimum atomic E-state index is 1.15. The van der Waals surface area contributed by atoms with E-state index in [9.17, 15) is 0 Å². The van der Waals surface area contributed by atoms with Crippen LogP contribution in [0.25, 0.3) is 98.7 Å². The molecule has 0 N–H and O–H groups in total. The monoisotopic (exact) mass is 660 g/mol. The highest BCUT2D eigenvalue weighted by Crippen LogP contribution is 2.40. The summed E-state index contributed by atoms with van der Waals surface area (Å²) in [7, 11) is 0. The molecule has 2 heterocycles. The maximum Gasteiger partial charge on any atom is 0.0635 e. The van der Waals surface area contributed by atoms with Gasteiger partial charge in [0, 0.05) is 33.7 Å². The summed E-state index contributed by atoms with van der Waals surface area (Å²) in [6.07, 6.45) is 2.19. The number of rotatable bonds is 4. The zero-order valence-corrected chi connectivity index (χ0v) is 28.4. The number of benzene rings is 9. The fourth-order valence-corrected chi connectivity index (χ4v) is 8.51. The summed E-state index contributed by atoms with van der Waals surface area (Å²) in [4.78, 5) is 0. The number of aromatic nitrogens is 2. The Bertz CT molecular complexity index is 3130. The third-order valence-corrected chi connectivity index (χ3v) is 10.9. The van der Waals surface area contributed by atoms with Crippen molar-refractivity contribution in [1.29, 1.82) is 0 Å². The second-order valence-electron chi connectivity index (χ2n) is 13.7. The Morgan fingerprint density at radius 1 is 0.269 bits per heavy atom. The van der Waals surface area contributed by atoms with Crippen LogP contribution in [-0.4, -0.2) is 9.13 Å². The molecule has 11 aromatic rings. The van der Waals surface area contributed by atoms with Crippen LogP contribution in [-0.2, 0) is 0 Å². The summed E-state index contributed by atoms with van der Waals surface area (Å²) in [6.45, 7) is 0. The largest absolute Gasteiger partial charge is 0.316 e. The van der Waals surface area contributed by atoms with E-state index in [2.05, 4.69) is 203 Å². The maximum absolute atomic E-state index is 2.44. The molecule has 0 fully saturated rings. The molecule has 0 atom stereocenters. The summed E-state index contributed by atoms with van der Waals surface area (Å²) >= 11 is 0. The van der Waals surface area contributed by atoms with Crippen molar-refractivity contribution < 1.29 is 0 Å². The van der Waals surface area contributed by atoms with E-state index in [1.54, 1.807) is 0 Å². The van der Waals surface area contributed by atoms with E-state index in [1.165, 1.54) is 87.3 Å². The van der Waals surface area contributed by atoms with Crippen LogP contribution in [0.4, 0.5) is 0 Å². The molecule has 0 unspecified atom stereocenters. The highest BCUT2D eigenvalue weighted by Gasteiger charge is 2.17. The molecule has 2 aromatic heterocycles. The van der Waals surface area contributed by atoms with Gasteiger partial charge in [-0.05, 0) is 109 Å². The minimum Gasteiger partial charge on any atom is -0.316 e. The third kappa shape index (κ3) is 4.31. The molecule has 0 saturated carbocycles. The van der Waals surface area contributed by atoms with Gasteiger partial charge in [-0.15, -0.1) is 0 Å². The van der Waals surface area contributed by atoms with E-state index >= 15 is 0 Å². The highest BCUT2D eigenvalue weighted by molar-refractivity contribution is 6.26. The molecule has 0 radical (unpaired) electrons. The summed E-state index contributed by atoms with van der Waals surface area (Å²) in [6, 6.07) is 68.7. The topological polar surface area (TPSA) is 9.86 Å². The lowest BCUT2D eigenvalue weighted by Crippen LogP contribution is -1.95. The standard InChI is InChI=1S/C50H32N2/c1-3-11-33(12-4-1)35-21-25-41-42-26-22-36(32-47(42)40-16-8-7-15-39(40)46(41)31-35)34-19-23-38(24-20-34)52-49-18-10-9-17-43(49)44-27-28-48-45(50(44)52)29-30-51(48)37-13-5-2-6-14-37/h1-32H. The van der Waals surface area contributed by atoms with Crippen molar-refractivity contribution >= 4 is 65.0 Å². The normalized spacial score (nSPS) is 11.8. The molecule has 2 nitrogen and oxygen atoms in total. The number of fused-ring (bicyclic) bond motifs is 11. The number of hydrogen-bond acceptors (Lipinski definition) is 0. The summed E-state index contributed by atoms with van der Waals surface area (Å²) in [5.74, 6) is 0. The van der Waals surface area contributed by atoms with E-state index < -0.39 is 0 Å². The summed E-state index contributed by atoms with van der Waals surface area (Å²) in [5, 5.41) is 11.5. The smallest absolute Gasteiger partial charge is 0.0635 e. The van der Waals surface area contributed by atoms with Gasteiger partial charge in [0.05, 0.1) is 16.6 Å². The highest BCUT2D eigenvalue weighted by atomic mass is 15.0. The Balaban J connectivity index is 1.06. The predicted molar refractivity (Wildman–Crippen MR) is 221 cm³/mol. The van der Waals surface area contributed by atoms with Gasteiger partial charge >= 0.3 is 0 Å². The van der Waals surface area contributed by atoms with Crippen LogP contribution in [0.3, 0.4) is 0 Å². The maximum atomic E-state index is 2.44. The van der Waals surface area contributed by atoms with Crippen LogP contribution in [0, 0.1) is 0 Å². The van der Waals surface area contributed by atoms with E-state index in [0.29, 0.717) is 0 Å². The van der Waals surface area contributed by atoms with Gasteiger partial charge < -0.3 is 9.13 Å². The molecule has 0 aliphatic carbocycles. The van der Waals surface area contributed by atoms with Gasteiger partial charge in [-0.1, -0.05) is 133 Å². The Morgan fingerprint density at radius 2 is 0.788 bits per heavy atom. The Kier molecular flexibility index (Phi) is 6.28. The van der Waals surface area contributed by atoms with Crippen LogP contribution >= 0.6 is 0 Å². The zero-order chi connectivity index (χ0) is 34.2. The molecule has 0 aliphatic heterocycles. The molecule has 0 aliphatic rings. The molecular weight excluding hydrogens is 629 g/mol. The zero-order valence-electron chi connectivity index (χ0n) is 28.4. The van der Waals surface area contributed by atoms with Crippen LogP contribution in [0.2, 0.25) is 0 Å². The van der Waals surface area contributed by atoms with Gasteiger partial charge in [0.1, 0.15) is 0 Å². The van der Waals surface area contributed by atoms with E-state index in [-0.39, 0.29) is 0 Å². The molecule has 0 spiro atoms. The molecule has 0 saturated heterocycles. The first-order chi connectivity index (χ1) is 25.8. The second-order valence-corrected chi connectivity index (χ2v) is 13.7. The molecular formula is C50H32N2. The fraction of sp³-hybridized carbons (Fsp3) is 0. The van der Waals surface area contributed by atoms with Gasteiger partial charge in [-0.3, -0.25) is 0 Å². The average molecular weight is 661 g/mol. The van der Waals surface area contributed by atoms with Crippen molar-refractivity contribution in [3.63, 3.8) is 0 Å². The summed E-state index contributed by atoms with van der Waals surface area (Å²) in [5.41, 5.74) is 10.9. The van der Waals surface area contributed by atoms with Crippen molar-refractivity contribution in [2.75, 3.05) is 0 Å². The SMILES string of the molecule is c1ccc(-c2ccc3c4ccc(-c5ccc(-n6c7ccccc7c7ccc8c(ccn8-c8ccccc8)c76)cc5)cc4c4ccccc4c3c2)cc1. The predicted octanol–water partition coefficient (Wildman–Crippen LogP) is 13.5. The van der Waals surface area contributed by atoms with Crippen LogP contribution in [0.1, 0.15) is 0 Å². The van der Waals surface area contributed by atoms with Crippen molar-refractivity contribution in [3.05, 3.63) is 194 Å². The molecule has 2 heteroatoms. The van der Waals surface area contributed by atoms with E-state index in [4.69, 9.17) is 0 Å². The third-order valence-electron chi connectivity index (χ3n) is 10.9. The molecule has 242 valence electrons. The first kappa shape index (κ1) is 28.9. The van der Waals surface area contributed by atoms with Crippen molar-refractivity contribution in [2.24, 2.45) is 0 Å². The van der Waals surface area contributed by atoms with Gasteiger partial charge in [-0.2, -0.15) is 0 Å². The molecule has 52 heavy (non-hydrogen) atoms. The van der Waals surface area contributed by atoms with Crippen LogP contribution in [0.5, 0.6) is 0 Å². The quantitative estimate of drug-likeness (QED) is 0.166. The Hall–Kier alpha value is -6.90. The average Bonchev–Trinajstić information content (AvgIpc) is 3.81. The van der Waals surface area contributed by atoms with Gasteiger partial charge in [0.15, 0.2) is 0 Å². The second kappa shape index (κ2) is 11.3. The fourth-order valence-electron chi connectivity index (χ4n) is 8.51. The lowest BCUT2D eigenvalue weighted by atomic mass is 9.90.